The first kappa shape index (κ1) is 11.4. The molecule has 3 rings (SSSR count). The van der Waals surface area contributed by atoms with Crippen LogP contribution in [-0.2, 0) is 18.4 Å². The van der Waals surface area contributed by atoms with E-state index in [1.165, 1.54) is 11.1 Å². The lowest BCUT2D eigenvalue weighted by Gasteiger charge is -2.33. The van der Waals surface area contributed by atoms with Gasteiger partial charge in [-0.2, -0.15) is 0 Å². The molecule has 1 aliphatic carbocycles. The zero-order valence-corrected chi connectivity index (χ0v) is 10.6. The van der Waals surface area contributed by atoms with Gasteiger partial charge in [-0.05, 0) is 36.5 Å². The Bertz CT molecular complexity index is 579. The number of hydrogen-bond donors (Lipinski definition) is 1. The van der Waals surface area contributed by atoms with Crippen molar-refractivity contribution in [3.05, 3.63) is 65.0 Å². The Morgan fingerprint density at radius 1 is 1.17 bits per heavy atom. The Morgan fingerprint density at radius 2 is 1.94 bits per heavy atom. The van der Waals surface area contributed by atoms with E-state index in [4.69, 9.17) is 0 Å². The predicted molar refractivity (Wildman–Crippen MR) is 71.3 cm³/mol. The minimum absolute atomic E-state index is 0.689. The molecular weight excluding hydrogens is 222 g/mol. The Labute approximate surface area is 107 Å². The summed E-state index contributed by atoms with van der Waals surface area (Å²) in [4.78, 5) is 4.20. The Hall–Kier alpha value is -1.67. The number of pyridine rings is 1. The number of fused-ring (bicyclic) bond motifs is 1. The molecule has 2 heteroatoms. The van der Waals surface area contributed by atoms with E-state index in [2.05, 4.69) is 23.2 Å². The van der Waals surface area contributed by atoms with Crippen molar-refractivity contribution in [2.24, 2.45) is 0 Å². The van der Waals surface area contributed by atoms with Crippen molar-refractivity contribution in [3.63, 3.8) is 0 Å². The molecule has 2 nitrogen and oxygen atoms in total. The van der Waals surface area contributed by atoms with Gasteiger partial charge in [-0.25, -0.2) is 0 Å². The maximum Gasteiger partial charge on any atom is 0.0954 e. The van der Waals surface area contributed by atoms with Crippen LogP contribution in [0, 0.1) is 6.92 Å². The van der Waals surface area contributed by atoms with E-state index in [9.17, 15) is 5.11 Å². The number of rotatable bonds is 1. The third kappa shape index (κ3) is 1.93. The number of benzene rings is 1. The number of aliphatic hydroxyl groups is 1. The predicted octanol–water partition coefficient (Wildman–Crippen LogP) is 2.77. The molecule has 0 amide bonds. The maximum absolute atomic E-state index is 10.9. The Morgan fingerprint density at radius 3 is 2.72 bits per heavy atom. The molecule has 0 saturated heterocycles. The average Bonchev–Trinajstić information content (AvgIpc) is 2.38. The van der Waals surface area contributed by atoms with Gasteiger partial charge in [-0.15, -0.1) is 0 Å². The molecule has 1 N–H and O–H groups in total. The summed E-state index contributed by atoms with van der Waals surface area (Å²) in [5.41, 5.74) is 3.90. The van der Waals surface area contributed by atoms with Gasteiger partial charge in [0.25, 0.3) is 0 Å². The Kier molecular flexibility index (Phi) is 2.67. The fourth-order valence-corrected chi connectivity index (χ4v) is 2.77. The summed E-state index contributed by atoms with van der Waals surface area (Å²) in [6.07, 6.45) is 6.01. The standard InChI is InChI=1S/C16H17NO/c1-12-8-15(11-17-10-12)16(18)7-6-13-4-2-3-5-14(13)9-16/h2-5,8,10-11,18H,6-7,9H2,1H3. The summed E-state index contributed by atoms with van der Waals surface area (Å²) in [5.74, 6) is 0. The molecule has 0 radical (unpaired) electrons. The topological polar surface area (TPSA) is 33.1 Å². The van der Waals surface area contributed by atoms with Crippen molar-refractivity contribution in [3.8, 4) is 0 Å². The summed E-state index contributed by atoms with van der Waals surface area (Å²) in [5, 5.41) is 10.9. The molecule has 0 bridgehead atoms. The van der Waals surface area contributed by atoms with E-state index in [1.54, 1.807) is 6.20 Å². The van der Waals surface area contributed by atoms with Crippen molar-refractivity contribution in [1.82, 2.24) is 4.98 Å². The van der Waals surface area contributed by atoms with Crippen LogP contribution < -0.4 is 0 Å². The third-order valence-electron chi connectivity index (χ3n) is 3.82. The van der Waals surface area contributed by atoms with E-state index in [-0.39, 0.29) is 0 Å². The third-order valence-corrected chi connectivity index (χ3v) is 3.82. The highest BCUT2D eigenvalue weighted by Crippen LogP contribution is 2.36. The highest BCUT2D eigenvalue weighted by Gasteiger charge is 2.33. The van der Waals surface area contributed by atoms with Gasteiger partial charge in [0.1, 0.15) is 0 Å². The first-order chi connectivity index (χ1) is 8.67. The van der Waals surface area contributed by atoms with Crippen molar-refractivity contribution >= 4 is 0 Å². The van der Waals surface area contributed by atoms with Gasteiger partial charge in [0.05, 0.1) is 5.60 Å². The lowest BCUT2D eigenvalue weighted by molar-refractivity contribution is 0.0219. The summed E-state index contributed by atoms with van der Waals surface area (Å²) in [7, 11) is 0. The van der Waals surface area contributed by atoms with Gasteiger partial charge in [-0.3, -0.25) is 4.98 Å². The number of hydrogen-bond acceptors (Lipinski definition) is 2. The molecule has 1 heterocycles. The smallest absolute Gasteiger partial charge is 0.0954 e. The van der Waals surface area contributed by atoms with E-state index in [1.807, 2.05) is 25.3 Å². The van der Waals surface area contributed by atoms with Gasteiger partial charge < -0.3 is 5.11 Å². The molecule has 0 fully saturated rings. The molecule has 92 valence electrons. The van der Waals surface area contributed by atoms with Crippen LogP contribution in [-0.4, -0.2) is 10.1 Å². The quantitative estimate of drug-likeness (QED) is 0.830. The van der Waals surface area contributed by atoms with Crippen LogP contribution in [0.1, 0.15) is 28.7 Å². The van der Waals surface area contributed by atoms with Gasteiger partial charge in [0.2, 0.25) is 0 Å². The number of aromatic nitrogens is 1. The van der Waals surface area contributed by atoms with Crippen LogP contribution in [0.4, 0.5) is 0 Å². The zero-order valence-electron chi connectivity index (χ0n) is 10.6. The van der Waals surface area contributed by atoms with Crippen LogP contribution >= 0.6 is 0 Å². The van der Waals surface area contributed by atoms with Crippen LogP contribution in [0.15, 0.2) is 42.7 Å². The van der Waals surface area contributed by atoms with E-state index in [0.29, 0.717) is 6.42 Å². The largest absolute Gasteiger partial charge is 0.385 e. The number of nitrogens with zero attached hydrogens (tertiary/aromatic N) is 1. The van der Waals surface area contributed by atoms with Crippen LogP contribution in [0.3, 0.4) is 0 Å². The lowest BCUT2D eigenvalue weighted by atomic mass is 9.77. The van der Waals surface area contributed by atoms with Crippen LogP contribution in [0.2, 0.25) is 0 Å². The van der Waals surface area contributed by atoms with E-state index >= 15 is 0 Å². The molecular formula is C16H17NO. The highest BCUT2D eigenvalue weighted by molar-refractivity contribution is 5.35. The summed E-state index contributed by atoms with van der Waals surface area (Å²) in [6, 6.07) is 10.4. The van der Waals surface area contributed by atoms with Gasteiger partial charge in [0.15, 0.2) is 0 Å². The SMILES string of the molecule is Cc1cncc(C2(O)CCc3ccccc3C2)c1. The fourth-order valence-electron chi connectivity index (χ4n) is 2.77. The minimum atomic E-state index is -0.757. The molecule has 0 saturated carbocycles. The zero-order chi connectivity index (χ0) is 12.6. The molecule has 0 spiro atoms. The van der Waals surface area contributed by atoms with Crippen molar-refractivity contribution < 1.29 is 5.11 Å². The van der Waals surface area contributed by atoms with Crippen molar-refractivity contribution in [2.75, 3.05) is 0 Å². The van der Waals surface area contributed by atoms with Crippen molar-refractivity contribution in [2.45, 2.75) is 31.8 Å². The second kappa shape index (κ2) is 4.21. The fraction of sp³-hybridized carbons (Fsp3) is 0.312. The maximum atomic E-state index is 10.9. The van der Waals surface area contributed by atoms with Crippen LogP contribution in [0.5, 0.6) is 0 Å². The normalized spacial score (nSPS) is 22.6. The first-order valence-corrected chi connectivity index (χ1v) is 6.39. The molecule has 1 atom stereocenters. The molecule has 1 aliphatic rings. The molecule has 1 aromatic carbocycles. The lowest BCUT2D eigenvalue weighted by Crippen LogP contribution is -2.33. The molecule has 1 aromatic heterocycles. The molecule has 0 aliphatic heterocycles. The van der Waals surface area contributed by atoms with E-state index < -0.39 is 5.60 Å². The highest BCUT2D eigenvalue weighted by atomic mass is 16.3. The summed E-state index contributed by atoms with van der Waals surface area (Å²) < 4.78 is 0. The number of aryl methyl sites for hydroxylation is 2. The Balaban J connectivity index is 1.99. The van der Waals surface area contributed by atoms with Crippen molar-refractivity contribution in [1.29, 1.82) is 0 Å². The van der Waals surface area contributed by atoms with Gasteiger partial charge in [-0.1, -0.05) is 30.3 Å². The van der Waals surface area contributed by atoms with Crippen LogP contribution in [0.25, 0.3) is 0 Å². The second-order valence-electron chi connectivity index (χ2n) is 5.23. The molecule has 1 unspecified atom stereocenters. The minimum Gasteiger partial charge on any atom is -0.385 e. The summed E-state index contributed by atoms with van der Waals surface area (Å²) in [6.45, 7) is 2.01. The summed E-state index contributed by atoms with van der Waals surface area (Å²) >= 11 is 0. The molecule has 18 heavy (non-hydrogen) atoms. The molecule has 2 aromatic rings. The monoisotopic (exact) mass is 239 g/mol. The van der Waals surface area contributed by atoms with Gasteiger partial charge in [0, 0.05) is 24.4 Å². The van der Waals surface area contributed by atoms with E-state index in [0.717, 1.165) is 24.0 Å². The first-order valence-electron chi connectivity index (χ1n) is 6.39. The van der Waals surface area contributed by atoms with Gasteiger partial charge >= 0.3 is 0 Å². The second-order valence-corrected chi connectivity index (χ2v) is 5.23. The average molecular weight is 239 g/mol.